The lowest BCUT2D eigenvalue weighted by Crippen LogP contribution is -2.26. The minimum absolute atomic E-state index is 0.0218. The standard InChI is InChI=1S/C11H16N2O3/c1-8-4-10(13(14)15)6-11(5-8)16-9(2)7-12-3/h4-6,9,12H,7H2,1-3H3. The van der Waals surface area contributed by atoms with Crippen molar-refractivity contribution in [2.24, 2.45) is 0 Å². The summed E-state index contributed by atoms with van der Waals surface area (Å²) >= 11 is 0. The minimum Gasteiger partial charge on any atom is -0.489 e. The molecule has 0 amide bonds. The van der Waals surface area contributed by atoms with E-state index in [9.17, 15) is 10.1 Å². The largest absolute Gasteiger partial charge is 0.489 e. The van der Waals surface area contributed by atoms with Crippen LogP contribution in [0.2, 0.25) is 0 Å². The summed E-state index contributed by atoms with van der Waals surface area (Å²) in [6, 6.07) is 4.76. The molecule has 0 saturated heterocycles. The predicted molar refractivity (Wildman–Crippen MR) is 61.9 cm³/mol. The van der Waals surface area contributed by atoms with Crippen LogP contribution < -0.4 is 10.1 Å². The second-order valence-corrected chi connectivity index (χ2v) is 3.75. The molecule has 0 bridgehead atoms. The van der Waals surface area contributed by atoms with E-state index in [4.69, 9.17) is 4.74 Å². The van der Waals surface area contributed by atoms with Gasteiger partial charge in [0.2, 0.25) is 0 Å². The van der Waals surface area contributed by atoms with Gasteiger partial charge in [0.25, 0.3) is 5.69 Å². The number of benzene rings is 1. The van der Waals surface area contributed by atoms with Crippen LogP contribution in [0.3, 0.4) is 0 Å². The van der Waals surface area contributed by atoms with Crippen molar-refractivity contribution < 1.29 is 9.66 Å². The Hall–Kier alpha value is -1.62. The van der Waals surface area contributed by atoms with Crippen molar-refractivity contribution in [3.05, 3.63) is 33.9 Å². The summed E-state index contributed by atoms with van der Waals surface area (Å²) in [5.41, 5.74) is 0.882. The first-order valence-electron chi connectivity index (χ1n) is 5.10. The molecule has 0 heterocycles. The van der Waals surface area contributed by atoms with Crippen molar-refractivity contribution in [3.8, 4) is 5.75 Å². The Balaban J connectivity index is 2.84. The number of rotatable bonds is 5. The first kappa shape index (κ1) is 12.4. The highest BCUT2D eigenvalue weighted by molar-refractivity contribution is 5.42. The van der Waals surface area contributed by atoms with E-state index in [2.05, 4.69) is 5.32 Å². The molecule has 1 aromatic rings. The summed E-state index contributed by atoms with van der Waals surface area (Å²) in [7, 11) is 1.83. The summed E-state index contributed by atoms with van der Waals surface area (Å²) in [6.45, 7) is 4.41. The van der Waals surface area contributed by atoms with Gasteiger partial charge in [-0.3, -0.25) is 10.1 Å². The molecule has 16 heavy (non-hydrogen) atoms. The average molecular weight is 224 g/mol. The number of hydrogen-bond acceptors (Lipinski definition) is 4. The van der Waals surface area contributed by atoms with Gasteiger partial charge in [-0.25, -0.2) is 0 Å². The molecule has 5 nitrogen and oxygen atoms in total. The van der Waals surface area contributed by atoms with Crippen LogP contribution in [0.5, 0.6) is 5.75 Å². The molecule has 0 aliphatic heterocycles. The van der Waals surface area contributed by atoms with E-state index in [1.54, 1.807) is 6.07 Å². The highest BCUT2D eigenvalue weighted by atomic mass is 16.6. The highest BCUT2D eigenvalue weighted by Gasteiger charge is 2.10. The number of nitrogens with one attached hydrogen (secondary N) is 1. The summed E-state index contributed by atoms with van der Waals surface area (Å²) in [5, 5.41) is 13.6. The van der Waals surface area contributed by atoms with E-state index in [-0.39, 0.29) is 11.8 Å². The Labute approximate surface area is 94.6 Å². The van der Waals surface area contributed by atoms with Gasteiger partial charge >= 0.3 is 0 Å². The highest BCUT2D eigenvalue weighted by Crippen LogP contribution is 2.22. The number of likely N-dealkylation sites (N-methyl/N-ethyl adjacent to an activating group) is 1. The summed E-state index contributed by atoms with van der Waals surface area (Å²) < 4.78 is 5.56. The lowest BCUT2D eigenvalue weighted by molar-refractivity contribution is -0.385. The van der Waals surface area contributed by atoms with Crippen molar-refractivity contribution in [3.63, 3.8) is 0 Å². The Morgan fingerprint density at radius 2 is 2.19 bits per heavy atom. The maximum absolute atomic E-state index is 10.7. The van der Waals surface area contributed by atoms with Gasteiger partial charge in [-0.2, -0.15) is 0 Å². The third-order valence-electron chi connectivity index (χ3n) is 2.08. The van der Waals surface area contributed by atoms with Gasteiger partial charge in [-0.1, -0.05) is 0 Å². The van der Waals surface area contributed by atoms with Gasteiger partial charge in [-0.15, -0.1) is 0 Å². The summed E-state index contributed by atoms with van der Waals surface area (Å²) in [6.07, 6.45) is -0.0218. The molecular weight excluding hydrogens is 208 g/mol. The van der Waals surface area contributed by atoms with Crippen molar-refractivity contribution in [2.75, 3.05) is 13.6 Å². The molecule has 1 unspecified atom stereocenters. The zero-order valence-corrected chi connectivity index (χ0v) is 9.69. The van der Waals surface area contributed by atoms with Gasteiger partial charge in [-0.05, 0) is 32.5 Å². The van der Waals surface area contributed by atoms with E-state index < -0.39 is 4.92 Å². The number of nitrogens with zero attached hydrogens (tertiary/aromatic N) is 1. The van der Waals surface area contributed by atoms with Crippen LogP contribution in [0.4, 0.5) is 5.69 Å². The van der Waals surface area contributed by atoms with E-state index in [0.29, 0.717) is 12.3 Å². The second kappa shape index (κ2) is 5.46. The van der Waals surface area contributed by atoms with Gasteiger partial charge < -0.3 is 10.1 Å². The molecule has 0 aliphatic carbocycles. The van der Waals surface area contributed by atoms with Crippen molar-refractivity contribution in [1.29, 1.82) is 0 Å². The average Bonchev–Trinajstić information content (AvgIpc) is 2.16. The normalized spacial score (nSPS) is 12.2. The fourth-order valence-electron chi connectivity index (χ4n) is 1.46. The Morgan fingerprint density at radius 3 is 2.75 bits per heavy atom. The smallest absolute Gasteiger partial charge is 0.273 e. The third kappa shape index (κ3) is 3.51. The quantitative estimate of drug-likeness (QED) is 0.612. The Kier molecular flexibility index (Phi) is 4.25. The maximum Gasteiger partial charge on any atom is 0.273 e. The topological polar surface area (TPSA) is 64.4 Å². The van der Waals surface area contributed by atoms with E-state index in [0.717, 1.165) is 5.56 Å². The van der Waals surface area contributed by atoms with Crippen molar-refractivity contribution in [2.45, 2.75) is 20.0 Å². The molecule has 1 aromatic carbocycles. The van der Waals surface area contributed by atoms with E-state index >= 15 is 0 Å². The molecule has 0 aliphatic rings. The molecule has 1 N–H and O–H groups in total. The first-order valence-corrected chi connectivity index (χ1v) is 5.10. The predicted octanol–water partition coefficient (Wildman–Crippen LogP) is 1.89. The number of hydrogen-bond donors (Lipinski definition) is 1. The van der Waals surface area contributed by atoms with Gasteiger partial charge in [0.1, 0.15) is 11.9 Å². The van der Waals surface area contributed by atoms with Gasteiger partial charge in [0, 0.05) is 12.6 Å². The number of ether oxygens (including phenoxy) is 1. The monoisotopic (exact) mass is 224 g/mol. The van der Waals surface area contributed by atoms with Crippen LogP contribution >= 0.6 is 0 Å². The van der Waals surface area contributed by atoms with E-state index in [1.807, 2.05) is 20.9 Å². The van der Waals surface area contributed by atoms with Crippen LogP contribution in [0, 0.1) is 17.0 Å². The number of aryl methyl sites for hydroxylation is 1. The number of non-ortho nitro benzene ring substituents is 1. The summed E-state index contributed by atoms with van der Waals surface area (Å²) in [5.74, 6) is 0.537. The molecule has 0 fully saturated rings. The second-order valence-electron chi connectivity index (χ2n) is 3.75. The number of nitro benzene ring substituents is 1. The lowest BCUT2D eigenvalue weighted by Gasteiger charge is -2.14. The van der Waals surface area contributed by atoms with Crippen LogP contribution in [0.15, 0.2) is 18.2 Å². The minimum atomic E-state index is -0.414. The fraction of sp³-hybridized carbons (Fsp3) is 0.455. The molecule has 0 saturated carbocycles. The zero-order chi connectivity index (χ0) is 12.1. The molecule has 88 valence electrons. The SMILES string of the molecule is CNCC(C)Oc1cc(C)cc([N+](=O)[O-])c1. The molecule has 5 heteroatoms. The number of nitro groups is 1. The Morgan fingerprint density at radius 1 is 1.50 bits per heavy atom. The van der Waals surface area contributed by atoms with Crippen LogP contribution in [-0.2, 0) is 0 Å². The van der Waals surface area contributed by atoms with Crippen molar-refractivity contribution in [1.82, 2.24) is 5.32 Å². The van der Waals surface area contributed by atoms with Crippen LogP contribution in [0.1, 0.15) is 12.5 Å². The maximum atomic E-state index is 10.7. The van der Waals surface area contributed by atoms with Crippen LogP contribution in [-0.4, -0.2) is 24.6 Å². The molecule has 0 spiro atoms. The lowest BCUT2D eigenvalue weighted by atomic mass is 10.2. The zero-order valence-electron chi connectivity index (χ0n) is 9.69. The Bertz CT molecular complexity index is 379. The first-order chi connectivity index (χ1) is 7.52. The molecule has 0 aromatic heterocycles. The molecule has 0 radical (unpaired) electrons. The van der Waals surface area contributed by atoms with Gasteiger partial charge in [0.05, 0.1) is 11.0 Å². The summed E-state index contributed by atoms with van der Waals surface area (Å²) in [4.78, 5) is 10.2. The molecular formula is C11H16N2O3. The van der Waals surface area contributed by atoms with Crippen LogP contribution in [0.25, 0.3) is 0 Å². The molecule has 1 atom stereocenters. The van der Waals surface area contributed by atoms with Crippen molar-refractivity contribution >= 4 is 5.69 Å². The van der Waals surface area contributed by atoms with E-state index in [1.165, 1.54) is 12.1 Å². The third-order valence-corrected chi connectivity index (χ3v) is 2.08. The fourth-order valence-corrected chi connectivity index (χ4v) is 1.46. The molecule has 1 rings (SSSR count). The van der Waals surface area contributed by atoms with Gasteiger partial charge in [0.15, 0.2) is 0 Å².